The first kappa shape index (κ1) is 29.3. The molecule has 1 fully saturated rings. The normalized spacial score (nSPS) is 13.1. The Kier molecular flexibility index (Phi) is 8.98. The molecule has 0 N–H and O–H groups in total. The highest BCUT2D eigenvalue weighted by molar-refractivity contribution is 6.03. The number of hydrogen-bond acceptors (Lipinski definition) is 2. The van der Waals surface area contributed by atoms with Crippen molar-refractivity contribution in [1.82, 2.24) is 0 Å². The highest BCUT2D eigenvalue weighted by Crippen LogP contribution is 2.34. The molecule has 0 atom stereocenters. The molecular weight excluding hydrogens is 558 g/mol. The quantitative estimate of drug-likeness (QED) is 0.178. The van der Waals surface area contributed by atoms with Crippen molar-refractivity contribution >= 4 is 28.6 Å². The summed E-state index contributed by atoms with van der Waals surface area (Å²) in [5.41, 5.74) is 10.8. The first-order valence-electron chi connectivity index (χ1n) is 16.0. The van der Waals surface area contributed by atoms with Gasteiger partial charge in [-0.3, -0.25) is 0 Å². The SMILES string of the molecule is C(=Cc1ccc(-c2ccccccc(-c3ccc(-c4ccc(N5CCOCC5)cc4)cc3)c3ccccc23)cc1)c1ccccc1. The van der Waals surface area contributed by atoms with E-state index in [1.54, 1.807) is 0 Å². The zero-order valence-electron chi connectivity index (χ0n) is 25.9. The topological polar surface area (TPSA) is 12.5 Å². The zero-order valence-corrected chi connectivity index (χ0v) is 25.9. The lowest BCUT2D eigenvalue weighted by Gasteiger charge is -2.28. The summed E-state index contributed by atoms with van der Waals surface area (Å²) in [6, 6.07) is 58.8. The Morgan fingerprint density at radius 2 is 0.804 bits per heavy atom. The van der Waals surface area contributed by atoms with Crippen LogP contribution in [0.3, 0.4) is 0 Å². The molecule has 0 aromatic heterocycles. The van der Waals surface area contributed by atoms with Gasteiger partial charge >= 0.3 is 0 Å². The number of rotatable bonds is 6. The summed E-state index contributed by atoms with van der Waals surface area (Å²) in [6.07, 6.45) is 4.33. The highest BCUT2D eigenvalue weighted by atomic mass is 16.5. The van der Waals surface area contributed by atoms with E-state index in [-0.39, 0.29) is 0 Å². The van der Waals surface area contributed by atoms with Crippen molar-refractivity contribution in [2.75, 3.05) is 31.2 Å². The molecule has 6 aromatic rings. The Morgan fingerprint density at radius 1 is 0.391 bits per heavy atom. The zero-order chi connectivity index (χ0) is 31.0. The second kappa shape index (κ2) is 14.1. The Hall–Kier alpha value is -5.44. The Morgan fingerprint density at radius 3 is 1.37 bits per heavy atom. The van der Waals surface area contributed by atoms with Crippen molar-refractivity contribution in [3.05, 3.63) is 175 Å². The van der Waals surface area contributed by atoms with Crippen LogP contribution in [0.5, 0.6) is 0 Å². The number of anilines is 1. The highest BCUT2D eigenvalue weighted by Gasteiger charge is 2.11. The lowest BCUT2D eigenvalue weighted by Crippen LogP contribution is -2.36. The van der Waals surface area contributed by atoms with Crippen LogP contribution >= 0.6 is 0 Å². The van der Waals surface area contributed by atoms with Gasteiger partial charge in [0, 0.05) is 18.8 Å². The summed E-state index contributed by atoms with van der Waals surface area (Å²) in [7, 11) is 0. The van der Waals surface area contributed by atoms with Crippen LogP contribution in [0.4, 0.5) is 5.69 Å². The minimum atomic E-state index is 0.796. The number of benzene rings is 5. The number of hydrogen-bond donors (Lipinski definition) is 0. The minimum Gasteiger partial charge on any atom is -0.378 e. The summed E-state index contributed by atoms with van der Waals surface area (Å²) in [5.74, 6) is 0. The molecule has 7 rings (SSSR count). The molecule has 0 aliphatic carbocycles. The molecule has 1 heterocycles. The molecule has 46 heavy (non-hydrogen) atoms. The molecule has 0 saturated carbocycles. The van der Waals surface area contributed by atoms with Crippen molar-refractivity contribution in [2.24, 2.45) is 0 Å². The van der Waals surface area contributed by atoms with E-state index in [0.717, 1.165) is 26.3 Å². The molecule has 1 saturated heterocycles. The van der Waals surface area contributed by atoms with Crippen molar-refractivity contribution in [3.8, 4) is 33.4 Å². The van der Waals surface area contributed by atoms with Crippen molar-refractivity contribution in [3.63, 3.8) is 0 Å². The fourth-order valence-electron chi connectivity index (χ4n) is 6.13. The second-order valence-electron chi connectivity index (χ2n) is 11.6. The van der Waals surface area contributed by atoms with Crippen LogP contribution in [0.1, 0.15) is 11.1 Å². The van der Waals surface area contributed by atoms with E-state index in [0.29, 0.717) is 0 Å². The average Bonchev–Trinajstić information content (AvgIpc) is 3.14. The molecule has 0 amide bonds. The molecule has 1 aliphatic heterocycles. The maximum Gasteiger partial charge on any atom is 0.0642 e. The van der Waals surface area contributed by atoms with Crippen molar-refractivity contribution in [1.29, 1.82) is 0 Å². The lowest BCUT2D eigenvalue weighted by molar-refractivity contribution is 0.122. The molecule has 1 aliphatic rings. The Balaban J connectivity index is 1.23. The summed E-state index contributed by atoms with van der Waals surface area (Å²) >= 11 is 0. The summed E-state index contributed by atoms with van der Waals surface area (Å²) in [5, 5.41) is 2.42. The average molecular weight is 596 g/mol. The van der Waals surface area contributed by atoms with Crippen LogP contribution in [-0.4, -0.2) is 26.3 Å². The van der Waals surface area contributed by atoms with Crippen LogP contribution < -0.4 is 4.90 Å². The number of fused-ring (bicyclic) bond motifs is 1. The molecular formula is C44H37NO. The monoisotopic (exact) mass is 595 g/mol. The minimum absolute atomic E-state index is 0.796. The maximum atomic E-state index is 5.52. The molecule has 6 aromatic carbocycles. The van der Waals surface area contributed by atoms with Gasteiger partial charge in [0.2, 0.25) is 0 Å². The van der Waals surface area contributed by atoms with Gasteiger partial charge in [-0.05, 0) is 67.4 Å². The van der Waals surface area contributed by atoms with Gasteiger partial charge in [0.15, 0.2) is 0 Å². The van der Waals surface area contributed by atoms with Gasteiger partial charge in [0.05, 0.1) is 13.2 Å². The van der Waals surface area contributed by atoms with Crippen LogP contribution in [0.2, 0.25) is 0 Å². The third-order valence-electron chi connectivity index (χ3n) is 8.63. The fourth-order valence-corrected chi connectivity index (χ4v) is 6.13. The molecule has 0 unspecified atom stereocenters. The smallest absolute Gasteiger partial charge is 0.0642 e. The van der Waals surface area contributed by atoms with Crippen LogP contribution in [-0.2, 0) is 4.74 Å². The van der Waals surface area contributed by atoms with Crippen LogP contribution in [0.15, 0.2) is 164 Å². The standard InChI is InChI=1S/C44H37NO/c1-2-7-13-42(39-24-22-36(23-25-39)37-26-28-40(29-27-37)45-30-32-46-33-31-45)44-15-9-8-14-43(44)41(12-6-1)38-20-18-35(19-21-38)17-16-34-10-4-3-5-11-34/h1-29H,30-33H2. The second-order valence-corrected chi connectivity index (χ2v) is 11.6. The maximum absolute atomic E-state index is 5.52. The number of nitrogens with zero attached hydrogens (tertiary/aromatic N) is 1. The van der Waals surface area contributed by atoms with Gasteiger partial charge in [-0.15, -0.1) is 0 Å². The van der Waals surface area contributed by atoms with E-state index in [2.05, 4.69) is 175 Å². The predicted molar refractivity (Wildman–Crippen MR) is 196 cm³/mol. The van der Waals surface area contributed by atoms with E-state index in [1.165, 1.54) is 61.0 Å². The summed E-state index contributed by atoms with van der Waals surface area (Å²) in [4.78, 5) is 2.39. The van der Waals surface area contributed by atoms with Gasteiger partial charge < -0.3 is 9.64 Å². The van der Waals surface area contributed by atoms with Gasteiger partial charge in [0.25, 0.3) is 0 Å². The van der Waals surface area contributed by atoms with Gasteiger partial charge in [0.1, 0.15) is 0 Å². The first-order chi connectivity index (χ1) is 22.8. The third-order valence-corrected chi connectivity index (χ3v) is 8.63. The van der Waals surface area contributed by atoms with Crippen LogP contribution in [0.25, 0.3) is 56.3 Å². The molecule has 2 heteroatoms. The van der Waals surface area contributed by atoms with E-state index in [1.807, 2.05) is 6.07 Å². The fraction of sp³-hybridized carbons (Fsp3) is 0.0909. The number of morpholine rings is 1. The van der Waals surface area contributed by atoms with Gasteiger partial charge in [-0.25, -0.2) is 0 Å². The van der Waals surface area contributed by atoms with Gasteiger partial charge in [-0.1, -0.05) is 164 Å². The summed E-state index contributed by atoms with van der Waals surface area (Å²) < 4.78 is 5.52. The first-order valence-corrected chi connectivity index (χ1v) is 16.0. The van der Waals surface area contributed by atoms with Crippen molar-refractivity contribution < 1.29 is 4.74 Å². The number of ether oxygens (including phenoxy) is 1. The Labute approximate surface area is 272 Å². The molecule has 0 bridgehead atoms. The largest absolute Gasteiger partial charge is 0.378 e. The molecule has 224 valence electrons. The third kappa shape index (κ3) is 6.78. The Bertz CT molecular complexity index is 1980. The predicted octanol–water partition coefficient (Wildman–Crippen LogP) is 11.0. The molecule has 2 nitrogen and oxygen atoms in total. The van der Waals surface area contributed by atoms with Gasteiger partial charge in [-0.2, -0.15) is 0 Å². The van der Waals surface area contributed by atoms with E-state index >= 15 is 0 Å². The molecule has 0 spiro atoms. The lowest BCUT2D eigenvalue weighted by atomic mass is 9.94. The molecule has 0 radical (unpaired) electrons. The van der Waals surface area contributed by atoms with Crippen molar-refractivity contribution in [2.45, 2.75) is 0 Å². The summed E-state index contributed by atoms with van der Waals surface area (Å²) in [6.45, 7) is 3.49. The van der Waals surface area contributed by atoms with E-state index < -0.39 is 0 Å². The van der Waals surface area contributed by atoms with E-state index in [9.17, 15) is 0 Å². The van der Waals surface area contributed by atoms with E-state index in [4.69, 9.17) is 4.74 Å². The van der Waals surface area contributed by atoms with Crippen LogP contribution in [0, 0.1) is 0 Å².